The standard InChI is InChI=1S/C20H21FO4S/c1-5-25-18(22)11-15-12(2)19(20(23)24-3)17(26-4)10-16(15)13-6-8-14(21)9-7-13/h6-10H,5,11H2,1-4H3. The van der Waals surface area contributed by atoms with Gasteiger partial charge in [-0.15, -0.1) is 11.8 Å². The Morgan fingerprint density at radius 2 is 1.85 bits per heavy atom. The van der Waals surface area contributed by atoms with Gasteiger partial charge >= 0.3 is 11.9 Å². The largest absolute Gasteiger partial charge is 0.466 e. The summed E-state index contributed by atoms with van der Waals surface area (Å²) in [5.74, 6) is -1.18. The summed E-state index contributed by atoms with van der Waals surface area (Å²) in [4.78, 5) is 25.1. The van der Waals surface area contributed by atoms with Crippen molar-refractivity contribution in [3.63, 3.8) is 0 Å². The minimum Gasteiger partial charge on any atom is -0.466 e. The van der Waals surface area contributed by atoms with Crippen LogP contribution >= 0.6 is 11.8 Å². The van der Waals surface area contributed by atoms with E-state index in [-0.39, 0.29) is 24.8 Å². The molecule has 2 rings (SSSR count). The number of carbonyl (C=O) groups is 2. The maximum atomic E-state index is 13.3. The first-order valence-corrected chi connectivity index (χ1v) is 9.35. The first-order chi connectivity index (χ1) is 12.4. The zero-order chi connectivity index (χ0) is 19.3. The van der Waals surface area contributed by atoms with Crippen LogP contribution in [0.25, 0.3) is 11.1 Å². The molecule has 0 saturated heterocycles. The second kappa shape index (κ2) is 8.85. The van der Waals surface area contributed by atoms with E-state index in [0.29, 0.717) is 16.7 Å². The van der Waals surface area contributed by atoms with E-state index in [1.54, 1.807) is 26.0 Å². The Kier molecular flexibility index (Phi) is 6.80. The van der Waals surface area contributed by atoms with Gasteiger partial charge in [-0.05, 0) is 60.6 Å². The van der Waals surface area contributed by atoms with Crippen molar-refractivity contribution in [3.05, 3.63) is 52.8 Å². The van der Waals surface area contributed by atoms with Gasteiger partial charge in [0.05, 0.1) is 25.7 Å². The first kappa shape index (κ1) is 20.0. The third-order valence-corrected chi connectivity index (χ3v) is 4.83. The van der Waals surface area contributed by atoms with Crippen molar-refractivity contribution in [2.75, 3.05) is 20.0 Å². The number of benzene rings is 2. The number of thioether (sulfide) groups is 1. The van der Waals surface area contributed by atoms with Gasteiger partial charge in [-0.1, -0.05) is 12.1 Å². The van der Waals surface area contributed by atoms with Crippen LogP contribution in [0, 0.1) is 12.7 Å². The Balaban J connectivity index is 2.71. The summed E-state index contributed by atoms with van der Waals surface area (Å²) in [6.45, 7) is 3.80. The van der Waals surface area contributed by atoms with Crippen molar-refractivity contribution < 1.29 is 23.5 Å². The molecular weight excluding hydrogens is 355 g/mol. The SMILES string of the molecule is CCOC(=O)Cc1c(-c2ccc(F)cc2)cc(SC)c(C(=O)OC)c1C. The highest BCUT2D eigenvalue weighted by Crippen LogP contribution is 2.35. The van der Waals surface area contributed by atoms with Crippen molar-refractivity contribution in [2.24, 2.45) is 0 Å². The molecule has 4 nitrogen and oxygen atoms in total. The molecule has 0 atom stereocenters. The van der Waals surface area contributed by atoms with Crippen LogP contribution in [-0.2, 0) is 20.7 Å². The van der Waals surface area contributed by atoms with Gasteiger partial charge in [-0.25, -0.2) is 9.18 Å². The summed E-state index contributed by atoms with van der Waals surface area (Å²) in [5.41, 5.74) is 3.31. The van der Waals surface area contributed by atoms with Crippen molar-refractivity contribution in [3.8, 4) is 11.1 Å². The van der Waals surface area contributed by atoms with Crippen LogP contribution in [0.2, 0.25) is 0 Å². The van der Waals surface area contributed by atoms with Gasteiger partial charge in [0.2, 0.25) is 0 Å². The lowest BCUT2D eigenvalue weighted by atomic mass is 9.90. The molecule has 0 N–H and O–H groups in total. The van der Waals surface area contributed by atoms with Gasteiger partial charge < -0.3 is 9.47 Å². The molecule has 26 heavy (non-hydrogen) atoms. The van der Waals surface area contributed by atoms with Gasteiger partial charge in [0, 0.05) is 4.90 Å². The van der Waals surface area contributed by atoms with E-state index in [0.717, 1.165) is 16.0 Å². The number of carbonyl (C=O) groups excluding carboxylic acids is 2. The minimum atomic E-state index is -0.456. The Morgan fingerprint density at radius 1 is 1.19 bits per heavy atom. The topological polar surface area (TPSA) is 52.6 Å². The molecular formula is C20H21FO4S. The summed E-state index contributed by atoms with van der Waals surface area (Å²) in [6, 6.07) is 7.88. The second-order valence-electron chi connectivity index (χ2n) is 5.59. The number of halogens is 1. The lowest BCUT2D eigenvalue weighted by Crippen LogP contribution is -2.14. The molecule has 6 heteroatoms. The number of methoxy groups -OCH3 is 1. The van der Waals surface area contributed by atoms with E-state index in [9.17, 15) is 14.0 Å². The van der Waals surface area contributed by atoms with Crippen molar-refractivity contribution in [1.29, 1.82) is 0 Å². The zero-order valence-corrected chi connectivity index (χ0v) is 16.0. The fourth-order valence-corrected chi connectivity index (χ4v) is 3.49. The molecule has 0 saturated carbocycles. The summed E-state index contributed by atoms with van der Waals surface area (Å²) >= 11 is 1.41. The highest BCUT2D eigenvalue weighted by Gasteiger charge is 2.23. The Bertz CT molecular complexity index is 816. The fraction of sp³-hybridized carbons (Fsp3) is 0.300. The molecule has 0 amide bonds. The van der Waals surface area contributed by atoms with Crippen molar-refractivity contribution in [2.45, 2.75) is 25.2 Å². The van der Waals surface area contributed by atoms with Crippen LogP contribution in [0.1, 0.15) is 28.4 Å². The summed E-state index contributed by atoms with van der Waals surface area (Å²) in [7, 11) is 1.32. The molecule has 0 radical (unpaired) electrons. The summed E-state index contributed by atoms with van der Waals surface area (Å²) in [5, 5.41) is 0. The lowest BCUT2D eigenvalue weighted by Gasteiger charge is -2.18. The Labute approximate surface area is 156 Å². The predicted octanol–water partition coefficient (Wildman–Crippen LogP) is 4.42. The Hall–Kier alpha value is -2.34. The van der Waals surface area contributed by atoms with Crippen molar-refractivity contribution >= 4 is 23.7 Å². The molecule has 0 aliphatic heterocycles. The van der Waals surface area contributed by atoms with E-state index < -0.39 is 5.97 Å². The van der Waals surface area contributed by atoms with Gasteiger partial charge in [0.1, 0.15) is 5.82 Å². The highest BCUT2D eigenvalue weighted by atomic mass is 32.2. The molecule has 138 valence electrons. The van der Waals surface area contributed by atoms with E-state index in [1.807, 2.05) is 12.3 Å². The van der Waals surface area contributed by atoms with Crippen LogP contribution < -0.4 is 0 Å². The molecule has 0 heterocycles. The molecule has 2 aromatic rings. The summed E-state index contributed by atoms with van der Waals surface area (Å²) in [6.07, 6.45) is 1.88. The zero-order valence-electron chi connectivity index (χ0n) is 15.2. The van der Waals surface area contributed by atoms with Crippen molar-refractivity contribution in [1.82, 2.24) is 0 Å². The molecule has 2 aromatic carbocycles. The number of hydrogen-bond acceptors (Lipinski definition) is 5. The predicted molar refractivity (Wildman–Crippen MR) is 100 cm³/mol. The lowest BCUT2D eigenvalue weighted by molar-refractivity contribution is -0.142. The second-order valence-corrected chi connectivity index (χ2v) is 6.43. The van der Waals surface area contributed by atoms with Gasteiger partial charge in [0.25, 0.3) is 0 Å². The highest BCUT2D eigenvalue weighted by molar-refractivity contribution is 7.98. The average Bonchev–Trinajstić information content (AvgIpc) is 2.63. The van der Waals surface area contributed by atoms with Gasteiger partial charge in [-0.3, -0.25) is 4.79 Å². The Morgan fingerprint density at radius 3 is 2.38 bits per heavy atom. The number of rotatable bonds is 6. The van der Waals surface area contributed by atoms with E-state index in [2.05, 4.69) is 0 Å². The smallest absolute Gasteiger partial charge is 0.339 e. The third-order valence-electron chi connectivity index (χ3n) is 4.07. The minimum absolute atomic E-state index is 0.0189. The van der Waals surface area contributed by atoms with Crippen LogP contribution in [0.4, 0.5) is 4.39 Å². The number of esters is 2. The quantitative estimate of drug-likeness (QED) is 0.552. The van der Waals surface area contributed by atoms with E-state index in [4.69, 9.17) is 9.47 Å². The first-order valence-electron chi connectivity index (χ1n) is 8.13. The van der Waals surface area contributed by atoms with Crippen LogP contribution in [-0.4, -0.2) is 31.9 Å². The van der Waals surface area contributed by atoms with Gasteiger partial charge in [0.15, 0.2) is 0 Å². The van der Waals surface area contributed by atoms with Crippen LogP contribution in [0.3, 0.4) is 0 Å². The maximum Gasteiger partial charge on any atom is 0.339 e. The molecule has 0 spiro atoms. The molecule has 0 fully saturated rings. The summed E-state index contributed by atoms with van der Waals surface area (Å²) < 4.78 is 23.3. The maximum absolute atomic E-state index is 13.3. The molecule has 0 aliphatic rings. The van der Waals surface area contributed by atoms with E-state index >= 15 is 0 Å². The molecule has 0 unspecified atom stereocenters. The average molecular weight is 376 g/mol. The molecule has 0 aromatic heterocycles. The van der Waals surface area contributed by atoms with E-state index in [1.165, 1.54) is 31.0 Å². The molecule has 0 bridgehead atoms. The fourth-order valence-electron chi connectivity index (χ4n) is 2.82. The molecule has 0 aliphatic carbocycles. The normalized spacial score (nSPS) is 10.5. The number of hydrogen-bond donors (Lipinski definition) is 0. The number of ether oxygens (including phenoxy) is 2. The van der Waals surface area contributed by atoms with Crippen LogP contribution in [0.5, 0.6) is 0 Å². The van der Waals surface area contributed by atoms with Gasteiger partial charge in [-0.2, -0.15) is 0 Å². The monoisotopic (exact) mass is 376 g/mol. The third kappa shape index (κ3) is 4.25. The van der Waals surface area contributed by atoms with Crippen LogP contribution in [0.15, 0.2) is 35.2 Å².